The number of nitrogens with one attached hydrogen (secondary N) is 2. The third-order valence-electron chi connectivity index (χ3n) is 3.85. The first-order chi connectivity index (χ1) is 13.5. The Bertz CT molecular complexity index is 973. The highest BCUT2D eigenvalue weighted by Gasteiger charge is 2.19. The quantitative estimate of drug-likeness (QED) is 0.507. The van der Waals surface area contributed by atoms with Crippen molar-refractivity contribution in [1.29, 1.82) is 0 Å². The monoisotopic (exact) mass is 479 g/mol. The number of carbonyl (C=O) groups excluding carboxylic acids is 2. The van der Waals surface area contributed by atoms with E-state index >= 15 is 0 Å². The molecule has 2 amide bonds. The number of nitrogens with zero attached hydrogens (tertiary/aromatic N) is 1. The van der Waals surface area contributed by atoms with Gasteiger partial charge in [-0.1, -0.05) is 6.07 Å². The standard InChI is InChI=1S/C19H18BrN3O3S2/c1-11(24)21-14(17-4-3-7-27-17)9-18(25)23-19-22-15(10-28-19)12-5-6-16(26-2)13(20)8-12/h3-8,10,14H,9H2,1-2H3,(H,21,24)(H,22,23,25)/t14-/m1/s1. The summed E-state index contributed by atoms with van der Waals surface area (Å²) in [6, 6.07) is 9.14. The largest absolute Gasteiger partial charge is 0.496 e. The molecule has 2 N–H and O–H groups in total. The first kappa shape index (κ1) is 20.5. The molecule has 1 aromatic carbocycles. The number of thiazole rings is 1. The van der Waals surface area contributed by atoms with Crippen molar-refractivity contribution in [3.8, 4) is 17.0 Å². The molecular formula is C19H18BrN3O3S2. The Kier molecular flexibility index (Phi) is 6.82. The molecule has 0 aliphatic carbocycles. The van der Waals surface area contributed by atoms with Crippen molar-refractivity contribution >= 4 is 55.5 Å². The maximum absolute atomic E-state index is 12.5. The molecular weight excluding hydrogens is 462 g/mol. The number of halogens is 1. The van der Waals surface area contributed by atoms with E-state index in [0.29, 0.717) is 5.13 Å². The lowest BCUT2D eigenvalue weighted by molar-refractivity contribution is -0.120. The zero-order valence-corrected chi connectivity index (χ0v) is 18.4. The van der Waals surface area contributed by atoms with E-state index < -0.39 is 0 Å². The van der Waals surface area contributed by atoms with Crippen LogP contribution < -0.4 is 15.4 Å². The Morgan fingerprint density at radius 1 is 1.29 bits per heavy atom. The second-order valence-corrected chi connectivity index (χ2v) is 8.60. The van der Waals surface area contributed by atoms with E-state index in [9.17, 15) is 9.59 Å². The van der Waals surface area contributed by atoms with E-state index in [1.165, 1.54) is 29.6 Å². The van der Waals surface area contributed by atoms with Gasteiger partial charge in [0.2, 0.25) is 11.8 Å². The minimum Gasteiger partial charge on any atom is -0.496 e. The molecule has 0 saturated heterocycles. The Morgan fingerprint density at radius 3 is 2.75 bits per heavy atom. The topological polar surface area (TPSA) is 80.3 Å². The van der Waals surface area contributed by atoms with Gasteiger partial charge < -0.3 is 15.4 Å². The highest BCUT2D eigenvalue weighted by atomic mass is 79.9. The average Bonchev–Trinajstić information content (AvgIpc) is 3.32. The molecule has 0 aliphatic heterocycles. The van der Waals surface area contributed by atoms with Gasteiger partial charge in [-0.05, 0) is 45.6 Å². The first-order valence-electron chi connectivity index (χ1n) is 8.36. The molecule has 0 radical (unpaired) electrons. The Morgan fingerprint density at radius 2 is 2.11 bits per heavy atom. The van der Waals surface area contributed by atoms with Gasteiger partial charge in [-0.15, -0.1) is 22.7 Å². The molecule has 0 unspecified atom stereocenters. The summed E-state index contributed by atoms with van der Waals surface area (Å²) in [5.74, 6) is 0.363. The van der Waals surface area contributed by atoms with E-state index in [0.717, 1.165) is 26.4 Å². The average molecular weight is 480 g/mol. The molecule has 0 bridgehead atoms. The van der Waals surface area contributed by atoms with E-state index in [1.807, 2.05) is 41.1 Å². The molecule has 28 heavy (non-hydrogen) atoms. The molecule has 9 heteroatoms. The third kappa shape index (κ3) is 5.18. The molecule has 1 atom stereocenters. The summed E-state index contributed by atoms with van der Waals surface area (Å²) < 4.78 is 6.07. The van der Waals surface area contributed by atoms with Crippen LogP contribution in [0.3, 0.4) is 0 Å². The number of hydrogen-bond donors (Lipinski definition) is 2. The van der Waals surface area contributed by atoms with Crippen LogP contribution in [0.5, 0.6) is 5.75 Å². The van der Waals surface area contributed by atoms with Gasteiger partial charge >= 0.3 is 0 Å². The minimum absolute atomic E-state index is 0.142. The number of hydrogen-bond acceptors (Lipinski definition) is 6. The fraction of sp³-hybridized carbons (Fsp3) is 0.211. The number of carbonyl (C=O) groups is 2. The summed E-state index contributed by atoms with van der Waals surface area (Å²) >= 11 is 6.32. The van der Waals surface area contributed by atoms with Crippen molar-refractivity contribution in [2.45, 2.75) is 19.4 Å². The van der Waals surface area contributed by atoms with E-state index in [-0.39, 0.29) is 24.3 Å². The second-order valence-electron chi connectivity index (χ2n) is 5.91. The van der Waals surface area contributed by atoms with Gasteiger partial charge in [0.15, 0.2) is 5.13 Å². The van der Waals surface area contributed by atoms with E-state index in [2.05, 4.69) is 31.5 Å². The summed E-state index contributed by atoms with van der Waals surface area (Å²) in [6.45, 7) is 1.44. The Hall–Kier alpha value is -2.23. The highest BCUT2D eigenvalue weighted by molar-refractivity contribution is 9.10. The van der Waals surface area contributed by atoms with E-state index in [1.54, 1.807) is 7.11 Å². The Balaban J connectivity index is 1.68. The van der Waals surface area contributed by atoms with Crippen LogP contribution in [0.2, 0.25) is 0 Å². The zero-order chi connectivity index (χ0) is 20.1. The molecule has 0 aliphatic rings. The van der Waals surface area contributed by atoms with Crippen LogP contribution in [-0.2, 0) is 9.59 Å². The van der Waals surface area contributed by atoms with Crippen molar-refractivity contribution in [2.75, 3.05) is 12.4 Å². The minimum atomic E-state index is -0.352. The highest BCUT2D eigenvalue weighted by Crippen LogP contribution is 2.32. The fourth-order valence-electron chi connectivity index (χ4n) is 2.60. The molecule has 3 aromatic rings. The summed E-state index contributed by atoms with van der Waals surface area (Å²) in [7, 11) is 1.61. The van der Waals surface area contributed by atoms with Gasteiger partial charge in [0.1, 0.15) is 5.75 Å². The molecule has 2 aromatic heterocycles. The molecule has 146 valence electrons. The summed E-state index contributed by atoms with van der Waals surface area (Å²) in [4.78, 5) is 29.4. The predicted octanol–water partition coefficient (Wildman–Crippen LogP) is 4.85. The van der Waals surface area contributed by atoms with Crippen molar-refractivity contribution in [2.24, 2.45) is 0 Å². The van der Waals surface area contributed by atoms with Gasteiger partial charge in [-0.3, -0.25) is 9.59 Å². The first-order valence-corrected chi connectivity index (χ1v) is 10.9. The van der Waals surface area contributed by atoms with Crippen LogP contribution in [0.25, 0.3) is 11.3 Å². The van der Waals surface area contributed by atoms with Gasteiger partial charge in [0.25, 0.3) is 0 Å². The lowest BCUT2D eigenvalue weighted by Gasteiger charge is -2.15. The van der Waals surface area contributed by atoms with Crippen LogP contribution in [-0.4, -0.2) is 23.9 Å². The van der Waals surface area contributed by atoms with Crippen LogP contribution >= 0.6 is 38.6 Å². The van der Waals surface area contributed by atoms with Crippen LogP contribution in [0, 0.1) is 0 Å². The van der Waals surface area contributed by atoms with Crippen molar-refractivity contribution in [3.05, 3.63) is 50.4 Å². The second kappa shape index (κ2) is 9.31. The van der Waals surface area contributed by atoms with Crippen LogP contribution in [0.1, 0.15) is 24.3 Å². The predicted molar refractivity (Wildman–Crippen MR) is 116 cm³/mol. The molecule has 0 fully saturated rings. The molecule has 0 spiro atoms. The number of thiophene rings is 1. The number of rotatable bonds is 7. The summed E-state index contributed by atoms with van der Waals surface area (Å²) in [5.41, 5.74) is 1.68. The number of aromatic nitrogens is 1. The Labute approximate surface area is 179 Å². The van der Waals surface area contributed by atoms with Crippen molar-refractivity contribution in [1.82, 2.24) is 10.3 Å². The van der Waals surface area contributed by atoms with Crippen LogP contribution in [0.15, 0.2) is 45.6 Å². The number of ether oxygens (including phenoxy) is 1. The lowest BCUT2D eigenvalue weighted by atomic mass is 10.1. The van der Waals surface area contributed by atoms with Gasteiger partial charge in [-0.25, -0.2) is 4.98 Å². The summed E-state index contributed by atoms with van der Waals surface area (Å²) in [5, 5.41) is 9.96. The maximum Gasteiger partial charge on any atom is 0.228 e. The number of anilines is 1. The smallest absolute Gasteiger partial charge is 0.228 e. The zero-order valence-electron chi connectivity index (χ0n) is 15.2. The maximum atomic E-state index is 12.5. The fourth-order valence-corrected chi connectivity index (χ4v) is 4.66. The molecule has 6 nitrogen and oxygen atoms in total. The third-order valence-corrected chi connectivity index (χ3v) is 6.22. The van der Waals surface area contributed by atoms with Gasteiger partial charge in [0, 0.05) is 22.7 Å². The van der Waals surface area contributed by atoms with Crippen LogP contribution in [0.4, 0.5) is 5.13 Å². The number of benzene rings is 1. The van der Waals surface area contributed by atoms with Crippen molar-refractivity contribution in [3.63, 3.8) is 0 Å². The molecule has 2 heterocycles. The SMILES string of the molecule is COc1ccc(-c2csc(NC(=O)C[C@@H](NC(C)=O)c3cccs3)n2)cc1Br. The van der Waals surface area contributed by atoms with E-state index in [4.69, 9.17) is 4.74 Å². The van der Waals surface area contributed by atoms with Crippen molar-refractivity contribution < 1.29 is 14.3 Å². The van der Waals surface area contributed by atoms with Gasteiger partial charge in [0.05, 0.1) is 29.7 Å². The lowest BCUT2D eigenvalue weighted by Crippen LogP contribution is -2.29. The molecule has 0 saturated carbocycles. The summed E-state index contributed by atoms with van der Waals surface area (Å²) in [6.07, 6.45) is 0.142. The number of methoxy groups -OCH3 is 1. The number of amides is 2. The normalized spacial score (nSPS) is 11.7. The van der Waals surface area contributed by atoms with Gasteiger partial charge in [-0.2, -0.15) is 0 Å². The molecule has 3 rings (SSSR count).